The van der Waals surface area contributed by atoms with Crippen LogP contribution in [0, 0.1) is 0 Å². The molecule has 0 saturated heterocycles. The third kappa shape index (κ3) is 3.14. The van der Waals surface area contributed by atoms with Gasteiger partial charge < -0.3 is 0 Å². The minimum atomic E-state index is 0.188. The standard InChI is InChI=1S/C2H2NO2/c4-1-3-2-5/h1-2H. The average molecular weight is 72.0 g/mol. The van der Waals surface area contributed by atoms with E-state index in [0.29, 0.717) is 0 Å². The maximum Gasteiger partial charge on any atom is 0.235 e. The summed E-state index contributed by atoms with van der Waals surface area (Å²) >= 11 is 0. The van der Waals surface area contributed by atoms with E-state index < -0.39 is 0 Å². The zero-order valence-corrected chi connectivity index (χ0v) is 2.42. The molecule has 0 rings (SSSR count). The van der Waals surface area contributed by atoms with Crippen LogP contribution < -0.4 is 0 Å². The van der Waals surface area contributed by atoms with Crippen LogP contribution in [0.4, 0.5) is 0 Å². The highest BCUT2D eigenvalue weighted by Crippen LogP contribution is 1.41. The molecular weight excluding hydrogens is 70.0 g/mol. The van der Waals surface area contributed by atoms with Crippen molar-refractivity contribution in [2.75, 3.05) is 0 Å². The topological polar surface area (TPSA) is 49.3 Å². The number of hydrogen-bond donors (Lipinski definition) is 0. The molecule has 0 aromatic rings. The van der Waals surface area contributed by atoms with E-state index >= 15 is 0 Å². The fourth-order valence-corrected chi connectivity index (χ4v) is 0.0248. The molecule has 1 amide bonds. The van der Waals surface area contributed by atoms with E-state index in [2.05, 4.69) is 4.99 Å². The van der Waals surface area contributed by atoms with Gasteiger partial charge in [0, 0.05) is 0 Å². The number of aliphatic imine (C=N–C) groups is 1. The summed E-state index contributed by atoms with van der Waals surface area (Å²) in [5.41, 5.74) is 0. The molecule has 3 nitrogen and oxygen atoms in total. The minimum absolute atomic E-state index is 0.188. The predicted octanol–water partition coefficient (Wildman–Crippen LogP) is -0.398. The van der Waals surface area contributed by atoms with Gasteiger partial charge >= 0.3 is 0 Å². The second kappa shape index (κ2) is 3.14. The maximum atomic E-state index is 9.01. The molecule has 0 spiro atoms. The molecule has 0 fully saturated rings. The summed E-state index contributed by atoms with van der Waals surface area (Å²) in [6.45, 7) is 0. The molecule has 0 aliphatic carbocycles. The molecular formula is C2H2NO2. The molecule has 0 bridgehead atoms. The van der Waals surface area contributed by atoms with Crippen LogP contribution in [0.5, 0.6) is 0 Å². The lowest BCUT2D eigenvalue weighted by Crippen LogP contribution is -1.60. The van der Waals surface area contributed by atoms with Crippen molar-refractivity contribution in [2.24, 2.45) is 4.99 Å². The minimum Gasteiger partial charge on any atom is -0.276 e. The molecule has 0 aliphatic heterocycles. The zero-order chi connectivity index (χ0) is 4.12. The Morgan fingerprint density at radius 2 is 2.20 bits per heavy atom. The monoisotopic (exact) mass is 72.0 g/mol. The number of carbonyl (C=O) groups is 1. The van der Waals surface area contributed by atoms with Gasteiger partial charge in [-0.25, -0.2) is 0 Å². The van der Waals surface area contributed by atoms with Crippen LogP contribution in [0.25, 0.3) is 0 Å². The van der Waals surface area contributed by atoms with E-state index in [1.807, 2.05) is 0 Å². The summed E-state index contributed by atoms with van der Waals surface area (Å²) in [5, 5.41) is 9.01. The van der Waals surface area contributed by atoms with Gasteiger partial charge in [0.05, 0.1) is 0 Å². The summed E-state index contributed by atoms with van der Waals surface area (Å²) in [5.74, 6) is 0. The molecule has 0 saturated carbocycles. The molecule has 0 aromatic carbocycles. The Morgan fingerprint density at radius 3 is 2.20 bits per heavy atom. The fraction of sp³-hybridized carbons (Fsp3) is 0. The zero-order valence-electron chi connectivity index (χ0n) is 2.42. The van der Waals surface area contributed by atoms with Gasteiger partial charge in [0.15, 0.2) is 0 Å². The molecule has 0 atom stereocenters. The first kappa shape index (κ1) is 4.14. The van der Waals surface area contributed by atoms with Gasteiger partial charge in [0.25, 0.3) is 0 Å². The van der Waals surface area contributed by atoms with Crippen molar-refractivity contribution < 1.29 is 9.90 Å². The van der Waals surface area contributed by atoms with Crippen molar-refractivity contribution in [2.45, 2.75) is 0 Å². The Morgan fingerprint density at radius 1 is 1.60 bits per heavy atom. The molecule has 3 heteroatoms. The Hall–Kier alpha value is -0.860. The van der Waals surface area contributed by atoms with Gasteiger partial charge in [-0.05, 0) is 0 Å². The van der Waals surface area contributed by atoms with Crippen LogP contribution in [0.15, 0.2) is 4.99 Å². The van der Waals surface area contributed by atoms with Crippen LogP contribution >= 0.6 is 0 Å². The first-order valence-corrected chi connectivity index (χ1v) is 0.988. The van der Waals surface area contributed by atoms with Crippen molar-refractivity contribution in [3.63, 3.8) is 0 Å². The Kier molecular flexibility index (Phi) is 2.60. The first-order valence-electron chi connectivity index (χ1n) is 0.988. The van der Waals surface area contributed by atoms with Crippen molar-refractivity contribution in [3.05, 3.63) is 0 Å². The molecule has 0 aromatic heterocycles. The van der Waals surface area contributed by atoms with Crippen LogP contribution in [-0.4, -0.2) is 12.8 Å². The smallest absolute Gasteiger partial charge is 0.235 e. The molecule has 27 valence electrons. The largest absolute Gasteiger partial charge is 0.276 e. The van der Waals surface area contributed by atoms with E-state index in [9.17, 15) is 0 Å². The van der Waals surface area contributed by atoms with E-state index in [4.69, 9.17) is 9.90 Å². The summed E-state index contributed by atoms with van der Waals surface area (Å²) in [4.78, 5) is 11.6. The Labute approximate surface area is 29.0 Å². The molecule has 1 radical (unpaired) electrons. The lowest BCUT2D eigenvalue weighted by molar-refractivity contribution is -0.106. The molecule has 5 heavy (non-hydrogen) atoms. The summed E-state index contributed by atoms with van der Waals surface area (Å²) in [6.07, 6.45) is 0.375. The molecule has 0 aliphatic rings. The van der Waals surface area contributed by atoms with E-state index in [1.165, 1.54) is 0 Å². The van der Waals surface area contributed by atoms with Gasteiger partial charge in [-0.3, -0.25) is 9.90 Å². The van der Waals surface area contributed by atoms with Gasteiger partial charge in [-0.1, -0.05) is 0 Å². The van der Waals surface area contributed by atoms with Crippen molar-refractivity contribution in [1.82, 2.24) is 0 Å². The Bertz CT molecular complexity index is 49.6. The number of amides is 1. The van der Waals surface area contributed by atoms with Gasteiger partial charge in [-0.2, -0.15) is 4.99 Å². The van der Waals surface area contributed by atoms with E-state index in [-0.39, 0.29) is 12.8 Å². The SMILES string of the molecule is [O]C=NC=O. The third-order valence-corrected chi connectivity index (χ3v) is 0.122. The second-order valence-corrected chi connectivity index (χ2v) is 0.360. The van der Waals surface area contributed by atoms with Crippen molar-refractivity contribution in [1.29, 1.82) is 0 Å². The predicted molar refractivity (Wildman–Crippen MR) is 15.2 cm³/mol. The van der Waals surface area contributed by atoms with Crippen molar-refractivity contribution in [3.8, 4) is 0 Å². The number of carbonyl (C=O) groups excluding carboxylic acids is 1. The number of hydrogen-bond acceptors (Lipinski definition) is 1. The number of rotatable bonds is 1. The highest BCUT2D eigenvalue weighted by atomic mass is 16.3. The molecule has 0 unspecified atom stereocenters. The fourth-order valence-electron chi connectivity index (χ4n) is 0.0248. The maximum absolute atomic E-state index is 9.01. The van der Waals surface area contributed by atoms with E-state index in [1.54, 1.807) is 0 Å². The van der Waals surface area contributed by atoms with Gasteiger partial charge in [0.2, 0.25) is 12.8 Å². The normalized spacial score (nSPS) is 8.80. The lowest BCUT2D eigenvalue weighted by atomic mass is 11.3. The van der Waals surface area contributed by atoms with Crippen LogP contribution in [-0.2, 0) is 9.90 Å². The third-order valence-electron chi connectivity index (χ3n) is 0.122. The van der Waals surface area contributed by atoms with Crippen LogP contribution in [0.3, 0.4) is 0 Å². The summed E-state index contributed by atoms with van der Waals surface area (Å²) in [7, 11) is 0. The number of nitrogens with zero attached hydrogens (tertiary/aromatic N) is 1. The molecule has 0 N–H and O–H groups in total. The molecule has 0 heterocycles. The van der Waals surface area contributed by atoms with E-state index in [0.717, 1.165) is 0 Å². The van der Waals surface area contributed by atoms with Gasteiger partial charge in [0.1, 0.15) is 0 Å². The van der Waals surface area contributed by atoms with Gasteiger partial charge in [-0.15, -0.1) is 0 Å². The van der Waals surface area contributed by atoms with Crippen molar-refractivity contribution >= 4 is 12.8 Å². The quantitative estimate of drug-likeness (QED) is 0.236. The summed E-state index contributed by atoms with van der Waals surface area (Å²) < 4.78 is 0. The second-order valence-electron chi connectivity index (χ2n) is 0.360. The first-order chi connectivity index (χ1) is 2.41. The lowest BCUT2D eigenvalue weighted by Gasteiger charge is -1.49. The van der Waals surface area contributed by atoms with Crippen LogP contribution in [0.1, 0.15) is 0 Å². The Balaban J connectivity index is 2.92. The highest BCUT2D eigenvalue weighted by molar-refractivity contribution is 5.61. The average Bonchev–Trinajstić information content (AvgIpc) is 1.41. The van der Waals surface area contributed by atoms with Crippen LogP contribution in [0.2, 0.25) is 0 Å². The summed E-state index contributed by atoms with van der Waals surface area (Å²) in [6, 6.07) is 0. The highest BCUT2D eigenvalue weighted by Gasteiger charge is 1.52.